The molecule has 1 aliphatic carbocycles. The quantitative estimate of drug-likeness (QED) is 0.251. The van der Waals surface area contributed by atoms with E-state index in [2.05, 4.69) is 20.6 Å². The largest absolute Gasteiger partial charge is 0.445 e. The molecule has 4 N–H and O–H groups in total. The van der Waals surface area contributed by atoms with Gasteiger partial charge in [-0.15, -0.1) is 0 Å². The Balaban J connectivity index is 0.000000278. The number of benzene rings is 1. The Morgan fingerprint density at radius 1 is 1.24 bits per heavy atom. The predicted octanol–water partition coefficient (Wildman–Crippen LogP) is 6.74. The van der Waals surface area contributed by atoms with Crippen molar-refractivity contribution in [3.05, 3.63) is 65.3 Å². The molecule has 1 aromatic carbocycles. The minimum absolute atomic E-state index is 0.0202. The first kappa shape index (κ1) is 32.0. The van der Waals surface area contributed by atoms with Gasteiger partial charge >= 0.3 is 6.09 Å². The van der Waals surface area contributed by atoms with Gasteiger partial charge < -0.3 is 25.8 Å². The van der Waals surface area contributed by atoms with Crippen molar-refractivity contribution in [3.63, 3.8) is 0 Å². The summed E-state index contributed by atoms with van der Waals surface area (Å²) in [6, 6.07) is 9.38. The van der Waals surface area contributed by atoms with Crippen molar-refractivity contribution in [2.45, 2.75) is 85.3 Å². The number of amides is 2. The van der Waals surface area contributed by atoms with Gasteiger partial charge in [-0.3, -0.25) is 9.18 Å². The predicted molar refractivity (Wildman–Crippen MR) is 159 cm³/mol. The molecule has 2 fully saturated rings. The molecule has 0 bridgehead atoms. The van der Waals surface area contributed by atoms with Crippen molar-refractivity contribution < 1.29 is 18.7 Å². The van der Waals surface area contributed by atoms with Crippen LogP contribution in [-0.4, -0.2) is 40.9 Å². The molecule has 2 heterocycles. The molecule has 224 valence electrons. The van der Waals surface area contributed by atoms with Crippen molar-refractivity contribution in [3.8, 4) is 0 Å². The third-order valence-electron chi connectivity index (χ3n) is 7.90. The highest BCUT2D eigenvalue weighted by atomic mass is 19.1. The Morgan fingerprint density at radius 2 is 1.95 bits per heavy atom. The lowest BCUT2D eigenvalue weighted by Gasteiger charge is -2.38. The molecule has 1 aliphatic heterocycles. The molecule has 1 saturated heterocycles. The van der Waals surface area contributed by atoms with Crippen LogP contribution in [0.1, 0.15) is 88.8 Å². The third-order valence-corrected chi connectivity index (χ3v) is 7.90. The zero-order valence-electron chi connectivity index (χ0n) is 24.9. The maximum Gasteiger partial charge on any atom is 0.408 e. The monoisotopic (exact) mass is 567 g/mol. The summed E-state index contributed by atoms with van der Waals surface area (Å²) in [7, 11) is 0. The number of ether oxygens (including phenoxy) is 1. The Kier molecular flexibility index (Phi) is 12.1. The van der Waals surface area contributed by atoms with Crippen molar-refractivity contribution in [2.24, 2.45) is 17.3 Å². The molecule has 8 nitrogen and oxygen atoms in total. The van der Waals surface area contributed by atoms with E-state index >= 15 is 0 Å². The molecule has 2 amide bonds. The van der Waals surface area contributed by atoms with Gasteiger partial charge in [-0.25, -0.2) is 9.78 Å². The van der Waals surface area contributed by atoms with Crippen LogP contribution in [0.3, 0.4) is 0 Å². The molecule has 4 rings (SSSR count). The van der Waals surface area contributed by atoms with Gasteiger partial charge in [-0.2, -0.15) is 0 Å². The van der Waals surface area contributed by atoms with E-state index in [4.69, 9.17) is 10.1 Å². The third kappa shape index (κ3) is 10.4. The summed E-state index contributed by atoms with van der Waals surface area (Å²) in [6.45, 7) is 8.55. The molecular formula is C32H46FN5O3. The molecule has 0 spiro atoms. The minimum Gasteiger partial charge on any atom is -0.445 e. The second kappa shape index (κ2) is 15.5. The number of hydrogen-bond donors (Lipinski definition) is 4. The van der Waals surface area contributed by atoms with Crippen LogP contribution in [0.5, 0.6) is 0 Å². The summed E-state index contributed by atoms with van der Waals surface area (Å²) in [5, 5.41) is 13.5. The van der Waals surface area contributed by atoms with Gasteiger partial charge in [0.15, 0.2) is 0 Å². The highest BCUT2D eigenvalue weighted by Crippen LogP contribution is 2.43. The molecule has 1 saturated carbocycles. The Labute approximate surface area is 243 Å². The van der Waals surface area contributed by atoms with Gasteiger partial charge in [0.2, 0.25) is 5.91 Å². The fraction of sp³-hybridized carbons (Fsp3) is 0.562. The summed E-state index contributed by atoms with van der Waals surface area (Å²) >= 11 is 0. The van der Waals surface area contributed by atoms with E-state index in [1.807, 2.05) is 64.1 Å². The van der Waals surface area contributed by atoms with Crippen LogP contribution in [0, 0.1) is 29.6 Å². The highest BCUT2D eigenvalue weighted by Gasteiger charge is 2.36. The number of nitrogens with zero attached hydrogens (tertiary/aromatic N) is 1. The molecule has 41 heavy (non-hydrogen) atoms. The second-order valence-electron chi connectivity index (χ2n) is 12.0. The Bertz CT molecular complexity index is 1170. The lowest BCUT2D eigenvalue weighted by atomic mass is 9.70. The van der Waals surface area contributed by atoms with E-state index < -0.39 is 6.09 Å². The number of nitrogens with one attached hydrogen (secondary N) is 4. The number of halogens is 1. The number of carbonyl (C=O) groups is 2. The van der Waals surface area contributed by atoms with Crippen LogP contribution in [0.4, 0.5) is 9.18 Å². The first-order valence-corrected chi connectivity index (χ1v) is 14.6. The number of hydrogen-bond acceptors (Lipinski definition) is 5. The van der Waals surface area contributed by atoms with E-state index in [9.17, 15) is 14.0 Å². The number of piperidine rings is 1. The summed E-state index contributed by atoms with van der Waals surface area (Å²) in [4.78, 5) is 31.3. The summed E-state index contributed by atoms with van der Waals surface area (Å²) in [5.41, 5.74) is 3.26. The second-order valence-corrected chi connectivity index (χ2v) is 12.0. The number of alkyl halides is 1. The van der Waals surface area contributed by atoms with E-state index in [1.54, 1.807) is 6.20 Å². The van der Waals surface area contributed by atoms with Gasteiger partial charge in [0.05, 0.1) is 24.6 Å². The average Bonchev–Trinajstić information content (AvgIpc) is 3.39. The summed E-state index contributed by atoms with van der Waals surface area (Å²) in [6.07, 6.45) is 9.05. The van der Waals surface area contributed by atoms with Gasteiger partial charge in [0.1, 0.15) is 12.4 Å². The molecule has 2 aliphatic rings. The zero-order chi connectivity index (χ0) is 29.8. The maximum absolute atomic E-state index is 13.3. The fourth-order valence-corrected chi connectivity index (χ4v) is 5.45. The van der Waals surface area contributed by atoms with Crippen LogP contribution >= 0.6 is 0 Å². The number of rotatable bonds is 9. The number of aromatic amines is 1. The van der Waals surface area contributed by atoms with E-state index in [-0.39, 0.29) is 42.5 Å². The number of aryl methyl sites for hydroxylation is 1. The molecule has 2 atom stereocenters. The lowest BCUT2D eigenvalue weighted by Crippen LogP contribution is -2.37. The van der Waals surface area contributed by atoms with Gasteiger partial charge in [-0.05, 0) is 82.3 Å². The molecule has 0 radical (unpaired) electrons. The van der Waals surface area contributed by atoms with Crippen LogP contribution in [0.15, 0.2) is 48.2 Å². The van der Waals surface area contributed by atoms with Crippen molar-refractivity contribution in [2.75, 3.05) is 13.2 Å². The normalized spacial score (nSPS) is 22.8. The molecule has 9 heteroatoms. The highest BCUT2D eigenvalue weighted by molar-refractivity contribution is 5.96. The number of imidazole rings is 1. The number of carbonyl (C=O) groups excluding carboxylic acids is 2. The molecular weight excluding hydrogens is 521 g/mol. The average molecular weight is 568 g/mol. The summed E-state index contributed by atoms with van der Waals surface area (Å²) in [5.74, 6) is 1.17. The van der Waals surface area contributed by atoms with Crippen LogP contribution < -0.4 is 10.6 Å². The smallest absolute Gasteiger partial charge is 0.408 e. The first-order chi connectivity index (χ1) is 19.6. The SMILES string of the molecule is CC(C)=CC(=N)CC1CCCNC1=O.Cc1ncc(C(NC(=O)OCc2ccccc2)C2CCC(C)(CF)CC2)[nH]1. The van der Waals surface area contributed by atoms with Gasteiger partial charge in [0, 0.05) is 24.6 Å². The topological polar surface area (TPSA) is 120 Å². The lowest BCUT2D eigenvalue weighted by molar-refractivity contribution is -0.126. The minimum atomic E-state index is -0.449. The van der Waals surface area contributed by atoms with E-state index in [0.29, 0.717) is 12.1 Å². The van der Waals surface area contributed by atoms with Crippen molar-refractivity contribution in [1.29, 1.82) is 5.41 Å². The van der Waals surface area contributed by atoms with Crippen molar-refractivity contribution >= 4 is 17.7 Å². The number of aromatic nitrogens is 2. The Hall–Kier alpha value is -3.49. The standard InChI is InChI=1S/C21H28FN3O2.C11H18N2O/c1-15-23-12-18(24-15)19(17-8-10-21(2,14-22)11-9-17)25-20(26)27-13-16-6-4-3-5-7-16;1-8(2)6-10(12)7-9-4-3-5-13-11(9)14/h3-7,12,17,19H,8-11,13-14H2,1-2H3,(H,23,24)(H,25,26);6,9,12H,3-5,7H2,1-2H3,(H,13,14). The summed E-state index contributed by atoms with van der Waals surface area (Å²) < 4.78 is 18.7. The maximum atomic E-state index is 13.3. The van der Waals surface area contributed by atoms with Crippen LogP contribution in [-0.2, 0) is 16.1 Å². The number of H-pyrrole nitrogens is 1. The van der Waals surface area contributed by atoms with Crippen LogP contribution in [0.2, 0.25) is 0 Å². The van der Waals surface area contributed by atoms with E-state index in [0.717, 1.165) is 67.7 Å². The molecule has 2 aromatic rings. The molecule has 2 unspecified atom stereocenters. The number of alkyl carbamates (subject to hydrolysis) is 1. The van der Waals surface area contributed by atoms with Gasteiger partial charge in [-0.1, -0.05) is 42.8 Å². The van der Waals surface area contributed by atoms with E-state index in [1.165, 1.54) is 0 Å². The van der Waals surface area contributed by atoms with Crippen molar-refractivity contribution in [1.82, 2.24) is 20.6 Å². The Morgan fingerprint density at radius 3 is 2.54 bits per heavy atom. The number of allylic oxidation sites excluding steroid dienone is 2. The zero-order valence-corrected chi connectivity index (χ0v) is 24.9. The van der Waals surface area contributed by atoms with Crippen LogP contribution in [0.25, 0.3) is 0 Å². The fourth-order valence-electron chi connectivity index (χ4n) is 5.45. The first-order valence-electron chi connectivity index (χ1n) is 14.6. The molecule has 1 aromatic heterocycles. The van der Waals surface area contributed by atoms with Gasteiger partial charge in [0.25, 0.3) is 0 Å².